The van der Waals surface area contributed by atoms with Crippen LogP contribution in [0.15, 0.2) is 51.9 Å². The van der Waals surface area contributed by atoms with Gasteiger partial charge in [0.2, 0.25) is 53.2 Å². The first-order valence-corrected chi connectivity index (χ1v) is 37.9. The second kappa shape index (κ2) is 36.8. The third kappa shape index (κ3) is 21.2. The Hall–Kier alpha value is -9.19. The molecule has 3 aliphatic heterocycles. The van der Waals surface area contributed by atoms with E-state index in [9.17, 15) is 67.4 Å². The van der Waals surface area contributed by atoms with Gasteiger partial charge in [0.1, 0.15) is 79.1 Å². The summed E-state index contributed by atoms with van der Waals surface area (Å²) in [5, 5.41) is 47.5. The Morgan fingerprint density at radius 3 is 1.51 bits per heavy atom. The molecule has 4 aromatic heterocycles. The topological polar surface area (TPSA) is 433 Å². The highest BCUT2D eigenvalue weighted by atomic mass is 32.1. The molecule has 2 fully saturated rings. The van der Waals surface area contributed by atoms with Crippen molar-refractivity contribution < 1.29 is 67.4 Å². The van der Waals surface area contributed by atoms with E-state index in [0.29, 0.717) is 53.5 Å². The summed E-state index contributed by atoms with van der Waals surface area (Å²) in [5.41, 5.74) is 0.539. The van der Waals surface area contributed by atoms with Crippen LogP contribution in [-0.2, 0) is 49.6 Å². The Bertz CT molecular complexity index is 3890. The number of rotatable bonds is 9. The quantitative estimate of drug-likeness (QED) is 0.101. The molecule has 8 rings (SSSR count). The van der Waals surface area contributed by atoms with Crippen LogP contribution in [0, 0.1) is 23.7 Å². The first-order chi connectivity index (χ1) is 49.0. The molecule has 13 amide bonds. The second-order valence-corrected chi connectivity index (χ2v) is 30.4. The first-order valence-electron chi connectivity index (χ1n) is 34.4. The normalized spacial score (nSPS) is 24.8. The molecule has 0 aliphatic carbocycles. The number of thiazole rings is 4. The monoisotopic (exact) mass is 1500 g/mol. The van der Waals surface area contributed by atoms with Gasteiger partial charge < -0.3 is 73.4 Å². The number of hydrogen-bond donors (Lipinski definition) is 12. The van der Waals surface area contributed by atoms with Crippen LogP contribution in [0.2, 0.25) is 0 Å². The number of fused-ring (bicyclic) bond motifs is 10. The summed E-state index contributed by atoms with van der Waals surface area (Å²) in [4.78, 5) is 200. The maximum atomic E-state index is 14.2. The molecule has 8 bridgehead atoms. The minimum Gasteiger partial charge on any atom is -0.394 e. The van der Waals surface area contributed by atoms with Crippen LogP contribution in [0.5, 0.6) is 0 Å². The predicted molar refractivity (Wildman–Crippen MR) is 383 cm³/mol. The largest absolute Gasteiger partial charge is 0.394 e. The van der Waals surface area contributed by atoms with Gasteiger partial charge in [-0.3, -0.25) is 62.3 Å². The average Bonchev–Trinajstić information content (AvgIpc) is 1.73. The number of aromatic nitrogens is 4. The molecule has 2 saturated heterocycles. The van der Waals surface area contributed by atoms with E-state index < -0.39 is 175 Å². The average molecular weight is 1500 g/mol. The first kappa shape index (κ1) is 79.5. The van der Waals surface area contributed by atoms with Crippen molar-refractivity contribution in [3.63, 3.8) is 0 Å². The number of nitrogens with zero attached hydrogens (tertiary/aromatic N) is 6. The summed E-state index contributed by atoms with van der Waals surface area (Å²) < 4.78 is 0. The summed E-state index contributed by atoms with van der Waals surface area (Å²) in [6, 6.07) is -0.726. The molecule has 11 atom stereocenters. The van der Waals surface area contributed by atoms with Gasteiger partial charge in [-0.1, -0.05) is 92.1 Å². The van der Waals surface area contributed by atoms with Crippen molar-refractivity contribution >= 4 is 122 Å². The molecular formula is C68H91N17O14S4. The Morgan fingerprint density at radius 2 is 0.951 bits per heavy atom. The highest BCUT2D eigenvalue weighted by molar-refractivity contribution is 7.10. The van der Waals surface area contributed by atoms with Crippen molar-refractivity contribution in [1.29, 1.82) is 0 Å². The Labute approximate surface area is 612 Å². The predicted octanol–water partition coefficient (Wildman–Crippen LogP) is 2.66. The number of hydrogen-bond acceptors (Lipinski definition) is 22. The summed E-state index contributed by atoms with van der Waals surface area (Å²) in [6.45, 7) is 15.6. The molecule has 0 spiro atoms. The van der Waals surface area contributed by atoms with E-state index in [1.54, 1.807) is 27.7 Å². The maximum Gasteiger partial charge on any atom is 0.271 e. The van der Waals surface area contributed by atoms with Crippen LogP contribution in [0.1, 0.15) is 199 Å². The zero-order valence-corrected chi connectivity index (χ0v) is 62.3. The Kier molecular flexibility index (Phi) is 28.4. The van der Waals surface area contributed by atoms with E-state index in [1.807, 2.05) is 65.0 Å². The second-order valence-electron chi connectivity index (χ2n) is 26.8. The van der Waals surface area contributed by atoms with Gasteiger partial charge in [-0.05, 0) is 81.6 Å². The number of aliphatic hydroxyl groups excluding tert-OH is 1. The van der Waals surface area contributed by atoms with Gasteiger partial charge >= 0.3 is 0 Å². The number of carbonyl (C=O) groups is 13. The van der Waals surface area contributed by atoms with Gasteiger partial charge in [0.15, 0.2) is 0 Å². The Balaban J connectivity index is 0.993. The number of carbonyl (C=O) groups excluding carboxylic acids is 13. The smallest absolute Gasteiger partial charge is 0.271 e. The van der Waals surface area contributed by atoms with Crippen molar-refractivity contribution in [2.24, 2.45) is 23.7 Å². The fourth-order valence-electron chi connectivity index (χ4n) is 11.8. The molecule has 103 heavy (non-hydrogen) atoms. The van der Waals surface area contributed by atoms with E-state index in [0.717, 1.165) is 50.9 Å². The molecule has 35 heteroatoms. The number of benzene rings is 1. The van der Waals surface area contributed by atoms with Crippen LogP contribution in [0.4, 0.5) is 0 Å². The highest BCUT2D eigenvalue weighted by Gasteiger charge is 2.40. The number of nitrogens with one attached hydrogen (secondary N) is 11. The van der Waals surface area contributed by atoms with Crippen LogP contribution in [-0.4, -0.2) is 187 Å². The lowest BCUT2D eigenvalue weighted by atomic mass is 9.98. The van der Waals surface area contributed by atoms with Crippen LogP contribution in [0.25, 0.3) is 0 Å². The molecule has 3 aliphatic rings. The number of amides is 13. The standard InChI is InChI=1S/C68H91N17O14S4/c1-11-36(8)54-64(99)72-37(9)55(90)69-25-49(87)74-41(24-39-17-13-12-14-18-39)67-78-43(29-101-67)56(91)70-26-50(88)84-21-15-19-47(84)61(96)75-40(23-33(2)3)66-79-46(31-102-66)59(94)81-52(34(4)5)63(98)71-27-51(89)85-22-16-20-48(85)62(97)82-53(35(6)7)68-80-44(32-103-68)58(93)76-42(28-86)57(92)73-38(10)65-77-45(30-100-65)60(95)83-54/h12-14,17-18,29-38,40-42,47-48,52-54,86H,11,15-16,19-28H2,1-10H3,(H,69,90)(H,70,91)(H,71,98)(H,72,99)(H,73,92)(H,74,87)(H,75,96)(H,76,93)(H,81,94)(H,82,97)(H,83,95). The fraction of sp³-hybridized carbons (Fsp3) is 0.544. The molecule has 0 radical (unpaired) electrons. The summed E-state index contributed by atoms with van der Waals surface area (Å²) in [7, 11) is 0. The van der Waals surface area contributed by atoms with Gasteiger partial charge in [0.05, 0.1) is 50.4 Å². The molecule has 12 N–H and O–H groups in total. The van der Waals surface area contributed by atoms with Crippen molar-refractivity contribution in [1.82, 2.24) is 88.2 Å². The SMILES string of the molecule is CCC(C)C1NC(=O)c2csc(n2)C(C)NC(=O)C(CO)NC(=O)c2csc(n2)C(C(C)C)NC(=O)C2CCCN2C(=O)CNC(=O)C(C(C)C)NC(=O)c2csc(n2)C(CC(C)C)NC(=O)C2CCCN2C(=O)CNC(=O)c2csc(n2)C(Cc2ccccc2)NC(=O)CNC(=O)C(C)NC1=O. The zero-order valence-electron chi connectivity index (χ0n) is 59.0. The maximum absolute atomic E-state index is 14.2. The minimum atomic E-state index is -1.48. The Morgan fingerprint density at radius 1 is 0.466 bits per heavy atom. The summed E-state index contributed by atoms with van der Waals surface area (Å²) in [5.74, 6) is -9.63. The molecule has 1 aromatic carbocycles. The molecule has 31 nitrogen and oxygen atoms in total. The van der Waals surface area contributed by atoms with E-state index in [1.165, 1.54) is 38.2 Å². The van der Waals surface area contributed by atoms with Gasteiger partial charge in [0.25, 0.3) is 23.6 Å². The van der Waals surface area contributed by atoms with Gasteiger partial charge in [-0.25, -0.2) is 19.9 Å². The molecule has 7 heterocycles. The molecule has 11 unspecified atom stereocenters. The van der Waals surface area contributed by atoms with Crippen molar-refractivity contribution in [3.05, 3.63) is 100 Å². The lowest BCUT2D eigenvalue weighted by Gasteiger charge is -2.28. The van der Waals surface area contributed by atoms with Crippen molar-refractivity contribution in [3.8, 4) is 0 Å². The van der Waals surface area contributed by atoms with Crippen molar-refractivity contribution in [2.75, 3.05) is 39.3 Å². The van der Waals surface area contributed by atoms with E-state index in [-0.39, 0.29) is 59.1 Å². The molecule has 5 aromatic rings. The number of aliphatic hydroxyl groups is 1. The van der Waals surface area contributed by atoms with Gasteiger partial charge in [0, 0.05) is 34.6 Å². The summed E-state index contributed by atoms with van der Waals surface area (Å²) in [6.07, 6.45) is 2.68. The third-order valence-corrected chi connectivity index (χ3v) is 21.7. The lowest BCUT2D eigenvalue weighted by molar-refractivity contribution is -0.139. The van der Waals surface area contributed by atoms with E-state index in [4.69, 9.17) is 0 Å². The van der Waals surface area contributed by atoms with Crippen LogP contribution in [0.3, 0.4) is 0 Å². The minimum absolute atomic E-state index is 0.0238. The van der Waals surface area contributed by atoms with Crippen LogP contribution >= 0.6 is 45.3 Å². The zero-order chi connectivity index (χ0) is 74.9. The molecular weight excluding hydrogens is 1410 g/mol. The van der Waals surface area contributed by atoms with Gasteiger partial charge in [-0.2, -0.15) is 0 Å². The lowest BCUT2D eigenvalue weighted by Crippen LogP contribution is -2.55. The van der Waals surface area contributed by atoms with Crippen LogP contribution < -0.4 is 58.5 Å². The van der Waals surface area contributed by atoms with Crippen molar-refractivity contribution in [2.45, 2.75) is 175 Å². The molecule has 556 valence electrons. The van der Waals surface area contributed by atoms with Gasteiger partial charge in [-0.15, -0.1) is 45.3 Å². The fourth-order valence-corrected chi connectivity index (χ4v) is 15.3. The van der Waals surface area contributed by atoms with E-state index in [2.05, 4.69) is 78.4 Å². The molecule has 0 saturated carbocycles. The highest BCUT2D eigenvalue weighted by Crippen LogP contribution is 2.30. The van der Waals surface area contributed by atoms with E-state index >= 15 is 0 Å². The third-order valence-electron chi connectivity index (χ3n) is 17.8. The summed E-state index contributed by atoms with van der Waals surface area (Å²) >= 11 is 4.31.